The van der Waals surface area contributed by atoms with Crippen LogP contribution in [0.5, 0.6) is 5.75 Å². The average molecular weight is 693 g/mol. The second-order valence-corrected chi connectivity index (χ2v) is 19.9. The van der Waals surface area contributed by atoms with Crippen LogP contribution in [0.1, 0.15) is 80.1 Å². The Labute approximate surface area is 290 Å². The summed E-state index contributed by atoms with van der Waals surface area (Å²) in [7, 11) is 1.60. The minimum atomic E-state index is -2.09. The zero-order valence-corrected chi connectivity index (χ0v) is 31.8. The summed E-state index contributed by atoms with van der Waals surface area (Å²) in [6, 6.07) is 14.4. The van der Waals surface area contributed by atoms with Gasteiger partial charge in [-0.05, 0) is 107 Å². The quantitative estimate of drug-likeness (QED) is 0.132. The molecule has 0 bridgehead atoms. The molecule has 0 aliphatic carbocycles. The summed E-state index contributed by atoms with van der Waals surface area (Å²) in [6.07, 6.45) is 2.73. The van der Waals surface area contributed by atoms with E-state index in [0.717, 1.165) is 11.4 Å². The molecule has 0 saturated heterocycles. The lowest BCUT2D eigenvalue weighted by Gasteiger charge is -2.36. The third-order valence-electron chi connectivity index (χ3n) is 8.97. The molecule has 2 aromatic carbocycles. The van der Waals surface area contributed by atoms with E-state index >= 15 is 0 Å². The Morgan fingerprint density at radius 3 is 2.21 bits per heavy atom. The molecular formula is C37H49ClN4O5Si. The van der Waals surface area contributed by atoms with E-state index in [1.165, 1.54) is 0 Å². The van der Waals surface area contributed by atoms with E-state index in [-0.39, 0.29) is 17.6 Å². The van der Waals surface area contributed by atoms with Gasteiger partial charge in [0.25, 0.3) is 5.91 Å². The van der Waals surface area contributed by atoms with Crippen molar-refractivity contribution in [2.75, 3.05) is 11.5 Å². The zero-order valence-electron chi connectivity index (χ0n) is 30.1. The number of carbonyl (C=O) groups is 2. The molecule has 9 nitrogen and oxygen atoms in total. The Hall–Kier alpha value is -3.86. The van der Waals surface area contributed by atoms with Crippen LogP contribution in [0.3, 0.4) is 0 Å². The Morgan fingerprint density at radius 1 is 0.979 bits per heavy atom. The van der Waals surface area contributed by atoms with Gasteiger partial charge in [0.15, 0.2) is 0 Å². The predicted molar refractivity (Wildman–Crippen MR) is 195 cm³/mol. The molecule has 2 heterocycles. The first-order chi connectivity index (χ1) is 22.3. The highest BCUT2D eigenvalue weighted by molar-refractivity contribution is 6.74. The van der Waals surface area contributed by atoms with Crippen molar-refractivity contribution in [1.82, 2.24) is 14.3 Å². The summed E-state index contributed by atoms with van der Waals surface area (Å²) in [5.41, 5.74) is 4.09. The Bertz CT molecular complexity index is 1800. The molecule has 0 fully saturated rings. The second kappa shape index (κ2) is 13.9. The van der Waals surface area contributed by atoms with Gasteiger partial charge in [-0.25, -0.2) is 4.79 Å². The van der Waals surface area contributed by atoms with Crippen LogP contribution in [-0.2, 0) is 25.3 Å². The second-order valence-electron chi connectivity index (χ2n) is 14.7. The number of rotatable bonds is 10. The number of halogens is 1. The van der Waals surface area contributed by atoms with Crippen molar-refractivity contribution in [2.45, 2.75) is 85.0 Å². The monoisotopic (exact) mass is 692 g/mol. The Kier molecular flexibility index (Phi) is 10.7. The fourth-order valence-electron chi connectivity index (χ4n) is 5.19. The Morgan fingerprint density at radius 2 is 1.62 bits per heavy atom. The van der Waals surface area contributed by atoms with Gasteiger partial charge in [0.2, 0.25) is 8.32 Å². The number of esters is 1. The molecule has 4 aromatic rings. The van der Waals surface area contributed by atoms with E-state index in [1.54, 1.807) is 40.0 Å². The molecule has 0 aliphatic rings. The lowest BCUT2D eigenvalue weighted by atomic mass is 10.0. The van der Waals surface area contributed by atoms with E-state index in [2.05, 4.69) is 39.0 Å². The van der Waals surface area contributed by atoms with Gasteiger partial charge in [0, 0.05) is 48.4 Å². The molecule has 0 unspecified atom stereocenters. The molecule has 0 aliphatic heterocycles. The summed E-state index contributed by atoms with van der Waals surface area (Å²) in [5.74, 6) is -0.00355. The number of aromatic nitrogens is 3. The number of benzene rings is 2. The fraction of sp³-hybridized carbons (Fsp3) is 0.432. The maximum absolute atomic E-state index is 14.8. The SMILES string of the molecule is Cc1c(C(=O)N(c2ccc(O[Si](C)(C)C(C)(C)C)cc2)c2cnn(C)c2CCCO)cc(-c2cc(Cl)ccc2C(=O)OC(C)(C)C)n1C. The summed E-state index contributed by atoms with van der Waals surface area (Å²) in [5, 5.41) is 14.6. The molecule has 258 valence electrons. The van der Waals surface area contributed by atoms with Crippen molar-refractivity contribution in [3.05, 3.63) is 82.3 Å². The number of carbonyl (C=O) groups excluding carboxylic acids is 2. The number of hydrogen-bond donors (Lipinski definition) is 1. The minimum Gasteiger partial charge on any atom is -0.544 e. The first-order valence-corrected chi connectivity index (χ1v) is 19.5. The molecule has 11 heteroatoms. The van der Waals surface area contributed by atoms with E-state index in [4.69, 9.17) is 20.8 Å². The lowest BCUT2D eigenvalue weighted by molar-refractivity contribution is 0.00702. The van der Waals surface area contributed by atoms with E-state index < -0.39 is 19.9 Å². The number of aliphatic hydroxyl groups is 1. The number of anilines is 2. The van der Waals surface area contributed by atoms with Crippen molar-refractivity contribution in [3.63, 3.8) is 0 Å². The van der Waals surface area contributed by atoms with Crippen LogP contribution in [0.2, 0.25) is 23.2 Å². The van der Waals surface area contributed by atoms with Gasteiger partial charge in [-0.3, -0.25) is 14.4 Å². The van der Waals surface area contributed by atoms with Gasteiger partial charge in [-0.1, -0.05) is 32.4 Å². The first kappa shape index (κ1) is 37.0. The van der Waals surface area contributed by atoms with Crippen LogP contribution in [0.15, 0.2) is 54.7 Å². The maximum Gasteiger partial charge on any atom is 0.339 e. The van der Waals surface area contributed by atoms with Crippen LogP contribution in [0.25, 0.3) is 11.3 Å². The van der Waals surface area contributed by atoms with Gasteiger partial charge in [0.05, 0.1) is 28.7 Å². The normalized spacial score (nSPS) is 12.3. The summed E-state index contributed by atoms with van der Waals surface area (Å²) in [4.78, 5) is 29.8. The van der Waals surface area contributed by atoms with Gasteiger partial charge >= 0.3 is 5.97 Å². The van der Waals surface area contributed by atoms with Crippen LogP contribution < -0.4 is 9.33 Å². The van der Waals surface area contributed by atoms with Gasteiger partial charge in [0.1, 0.15) is 11.4 Å². The van der Waals surface area contributed by atoms with Crippen LogP contribution in [-0.4, -0.2) is 51.9 Å². The third-order valence-corrected chi connectivity index (χ3v) is 13.6. The van der Waals surface area contributed by atoms with Crippen molar-refractivity contribution in [3.8, 4) is 17.0 Å². The molecule has 0 radical (unpaired) electrons. The van der Waals surface area contributed by atoms with Gasteiger partial charge < -0.3 is 18.8 Å². The van der Waals surface area contributed by atoms with Crippen LogP contribution >= 0.6 is 11.6 Å². The highest BCUT2D eigenvalue weighted by Crippen LogP contribution is 2.39. The molecular weight excluding hydrogens is 644 g/mol. The van der Waals surface area contributed by atoms with Crippen molar-refractivity contribution in [2.24, 2.45) is 14.1 Å². The molecule has 1 N–H and O–H groups in total. The van der Waals surface area contributed by atoms with Crippen molar-refractivity contribution < 1.29 is 23.9 Å². The Balaban J connectivity index is 1.85. The highest BCUT2D eigenvalue weighted by atomic mass is 35.5. The zero-order chi connectivity index (χ0) is 35.8. The number of nitrogens with zero attached hydrogens (tertiary/aromatic N) is 4. The smallest absolute Gasteiger partial charge is 0.339 e. The average Bonchev–Trinajstić information content (AvgIpc) is 3.49. The van der Waals surface area contributed by atoms with Gasteiger partial charge in [-0.15, -0.1) is 0 Å². The molecule has 0 saturated carbocycles. The van der Waals surface area contributed by atoms with Crippen LogP contribution in [0, 0.1) is 6.92 Å². The molecule has 48 heavy (non-hydrogen) atoms. The molecule has 4 rings (SSSR count). The number of hydrogen-bond acceptors (Lipinski definition) is 6. The number of aliphatic hydroxyl groups excluding tert-OH is 1. The van der Waals surface area contributed by atoms with E-state index in [9.17, 15) is 14.7 Å². The number of amides is 1. The number of ether oxygens (including phenoxy) is 1. The minimum absolute atomic E-state index is 0.0127. The highest BCUT2D eigenvalue weighted by Gasteiger charge is 2.39. The third kappa shape index (κ3) is 7.88. The summed E-state index contributed by atoms with van der Waals surface area (Å²) in [6.45, 7) is 18.3. The first-order valence-electron chi connectivity index (χ1n) is 16.2. The number of aryl methyl sites for hydroxylation is 1. The predicted octanol–water partition coefficient (Wildman–Crippen LogP) is 8.63. The molecule has 1 amide bonds. The standard InChI is InChI=1S/C37H49ClN4O5Si/c1-24-29(22-32(40(24)8)30-21-25(38)14-19-28(30)35(45)46-36(2,3)4)34(44)42(33-23-39-41(9)31(33)13-12-20-43)26-15-17-27(18-16-26)47-48(10,11)37(5,6)7/h14-19,21-23,43H,12-13,20H2,1-11H3. The largest absolute Gasteiger partial charge is 0.544 e. The van der Waals surface area contributed by atoms with Crippen LogP contribution in [0.4, 0.5) is 11.4 Å². The van der Waals surface area contributed by atoms with Crippen molar-refractivity contribution >= 4 is 43.2 Å². The summed E-state index contributed by atoms with van der Waals surface area (Å²) < 4.78 is 15.9. The lowest BCUT2D eigenvalue weighted by Crippen LogP contribution is -2.43. The fourth-order valence-corrected chi connectivity index (χ4v) is 6.39. The van der Waals surface area contributed by atoms with Gasteiger partial charge in [-0.2, -0.15) is 5.10 Å². The maximum atomic E-state index is 14.8. The topological polar surface area (TPSA) is 98.8 Å². The van der Waals surface area contributed by atoms with E-state index in [0.29, 0.717) is 57.3 Å². The van der Waals surface area contributed by atoms with Crippen molar-refractivity contribution in [1.29, 1.82) is 0 Å². The molecule has 0 atom stereocenters. The molecule has 0 spiro atoms. The summed E-state index contributed by atoms with van der Waals surface area (Å²) >= 11 is 6.44. The molecule has 2 aromatic heterocycles. The van der Waals surface area contributed by atoms with E-state index in [1.807, 2.05) is 70.6 Å².